The van der Waals surface area contributed by atoms with Gasteiger partial charge in [-0.3, -0.25) is 0 Å². The SMILES string of the molecule is C[C@H]1[C@H](C)C(O)C[C@]2(C)C(O)C[C@]3(C)C(=CC[C@@H]4[C@@]5(C)CCC(O)C(C)(C)[C@@H]5CC[C@]43C)[C@H]12. The van der Waals surface area contributed by atoms with Crippen LogP contribution in [0.25, 0.3) is 0 Å². The smallest absolute Gasteiger partial charge is 0.0609 e. The van der Waals surface area contributed by atoms with E-state index in [9.17, 15) is 15.3 Å². The van der Waals surface area contributed by atoms with Gasteiger partial charge in [-0.25, -0.2) is 0 Å². The Bertz CT molecular complexity index is 847. The van der Waals surface area contributed by atoms with Crippen LogP contribution >= 0.6 is 0 Å². The summed E-state index contributed by atoms with van der Waals surface area (Å²) in [6, 6.07) is 0. The van der Waals surface area contributed by atoms with E-state index in [-0.39, 0.29) is 51.3 Å². The van der Waals surface area contributed by atoms with Crippen LogP contribution in [0.15, 0.2) is 11.6 Å². The Labute approximate surface area is 202 Å². The van der Waals surface area contributed by atoms with Gasteiger partial charge in [0.15, 0.2) is 0 Å². The Kier molecular flexibility index (Phi) is 5.23. The van der Waals surface area contributed by atoms with Crippen molar-refractivity contribution in [2.45, 2.75) is 119 Å². The number of aliphatic hydroxyl groups excluding tert-OH is 3. The average Bonchev–Trinajstić information content (AvgIpc) is 2.71. The quantitative estimate of drug-likeness (QED) is 0.392. The minimum Gasteiger partial charge on any atom is -0.393 e. The van der Waals surface area contributed by atoms with Crippen LogP contribution in [0.4, 0.5) is 0 Å². The normalized spacial score (nSPS) is 60.0. The van der Waals surface area contributed by atoms with Crippen molar-refractivity contribution in [1.82, 2.24) is 0 Å². The first-order valence-electron chi connectivity index (χ1n) is 13.9. The molecule has 3 N–H and O–H groups in total. The van der Waals surface area contributed by atoms with Gasteiger partial charge in [0.25, 0.3) is 0 Å². The third-order valence-corrected chi connectivity index (χ3v) is 13.5. The minimum absolute atomic E-state index is 0.00995. The summed E-state index contributed by atoms with van der Waals surface area (Å²) in [5, 5.41) is 33.5. The van der Waals surface area contributed by atoms with Gasteiger partial charge in [-0.2, -0.15) is 0 Å². The van der Waals surface area contributed by atoms with Crippen LogP contribution in [0.1, 0.15) is 100 Å². The van der Waals surface area contributed by atoms with Crippen LogP contribution in [-0.2, 0) is 0 Å². The fourth-order valence-electron chi connectivity index (χ4n) is 11.0. The lowest BCUT2D eigenvalue weighted by Gasteiger charge is -2.72. The van der Waals surface area contributed by atoms with Gasteiger partial charge in [0.2, 0.25) is 0 Å². The number of hydrogen-bond donors (Lipinski definition) is 3. The third-order valence-electron chi connectivity index (χ3n) is 13.5. The molecule has 0 bridgehead atoms. The summed E-state index contributed by atoms with van der Waals surface area (Å²) in [5.41, 5.74) is 1.71. The molecule has 188 valence electrons. The molecule has 5 aliphatic rings. The molecule has 4 saturated carbocycles. The molecule has 5 rings (SSSR count). The zero-order chi connectivity index (χ0) is 24.4. The fraction of sp³-hybridized carbons (Fsp3) is 0.933. The Balaban J connectivity index is 1.61. The maximum absolute atomic E-state index is 11.7. The van der Waals surface area contributed by atoms with E-state index >= 15 is 0 Å². The maximum Gasteiger partial charge on any atom is 0.0609 e. The Morgan fingerprint density at radius 3 is 2.09 bits per heavy atom. The van der Waals surface area contributed by atoms with E-state index in [4.69, 9.17) is 0 Å². The molecule has 0 aromatic carbocycles. The average molecular weight is 459 g/mol. The summed E-state index contributed by atoms with van der Waals surface area (Å²) in [5.74, 6) is 2.11. The second-order valence-corrected chi connectivity index (χ2v) is 14.9. The number of rotatable bonds is 0. The second kappa shape index (κ2) is 7.10. The Morgan fingerprint density at radius 2 is 1.42 bits per heavy atom. The van der Waals surface area contributed by atoms with Crippen LogP contribution in [-0.4, -0.2) is 33.6 Å². The number of allylic oxidation sites excluding steroid dienone is 2. The van der Waals surface area contributed by atoms with Crippen molar-refractivity contribution in [1.29, 1.82) is 0 Å². The van der Waals surface area contributed by atoms with Crippen molar-refractivity contribution in [3.8, 4) is 0 Å². The lowest BCUT2D eigenvalue weighted by Crippen LogP contribution is -2.67. The summed E-state index contributed by atoms with van der Waals surface area (Å²) in [4.78, 5) is 0. The highest BCUT2D eigenvalue weighted by atomic mass is 16.3. The molecule has 0 radical (unpaired) electrons. The first-order valence-corrected chi connectivity index (χ1v) is 13.9. The van der Waals surface area contributed by atoms with E-state index < -0.39 is 0 Å². The van der Waals surface area contributed by atoms with Crippen molar-refractivity contribution in [2.75, 3.05) is 0 Å². The van der Waals surface area contributed by atoms with Gasteiger partial charge in [-0.05, 0) is 96.2 Å². The van der Waals surface area contributed by atoms with Gasteiger partial charge < -0.3 is 15.3 Å². The summed E-state index contributed by atoms with van der Waals surface area (Å²) in [6.45, 7) is 19.0. The number of hydrogen-bond acceptors (Lipinski definition) is 3. The Hall–Kier alpha value is -0.380. The van der Waals surface area contributed by atoms with Gasteiger partial charge >= 0.3 is 0 Å². The first kappa shape index (κ1) is 24.3. The molecule has 0 aromatic heterocycles. The van der Waals surface area contributed by atoms with E-state index in [1.807, 2.05) is 0 Å². The zero-order valence-electron chi connectivity index (χ0n) is 22.5. The molecular weight excluding hydrogens is 408 g/mol. The highest BCUT2D eigenvalue weighted by molar-refractivity contribution is 5.35. The standard InChI is InChI=1S/C30H50O3/c1-17-18(2)25-19-9-10-22-27(5)13-12-23(32)26(3,4)21(27)11-14-29(22,7)30(19,8)16-24(33)28(25,6)15-20(17)31/h9,17-18,20-25,31-33H,10-16H2,1-8H3/t17-,18-,20?,21-,22+,23?,24?,25-,27-,28+,29+,30+/m0/s1. The van der Waals surface area contributed by atoms with E-state index in [0.717, 1.165) is 25.7 Å². The lowest BCUT2D eigenvalue weighted by molar-refractivity contribution is -0.219. The molecule has 0 spiro atoms. The Morgan fingerprint density at radius 1 is 0.758 bits per heavy atom. The van der Waals surface area contributed by atoms with E-state index in [1.165, 1.54) is 12.8 Å². The topological polar surface area (TPSA) is 60.7 Å². The van der Waals surface area contributed by atoms with Crippen LogP contribution in [0, 0.1) is 56.7 Å². The molecule has 5 aliphatic carbocycles. The van der Waals surface area contributed by atoms with Crippen molar-refractivity contribution >= 4 is 0 Å². The van der Waals surface area contributed by atoms with E-state index in [2.05, 4.69) is 61.5 Å². The molecule has 3 nitrogen and oxygen atoms in total. The molecule has 4 fully saturated rings. The van der Waals surface area contributed by atoms with Crippen LogP contribution in [0.2, 0.25) is 0 Å². The second-order valence-electron chi connectivity index (χ2n) is 14.9. The molecule has 0 saturated heterocycles. The van der Waals surface area contributed by atoms with E-state index in [1.54, 1.807) is 5.57 Å². The molecule has 0 aromatic rings. The van der Waals surface area contributed by atoms with Gasteiger partial charge in [-0.1, -0.05) is 67.0 Å². The third kappa shape index (κ3) is 2.80. The van der Waals surface area contributed by atoms with Gasteiger partial charge in [0.05, 0.1) is 18.3 Å². The van der Waals surface area contributed by atoms with E-state index in [0.29, 0.717) is 30.1 Å². The molecule has 0 heterocycles. The van der Waals surface area contributed by atoms with Crippen LogP contribution in [0.3, 0.4) is 0 Å². The molecule has 3 heteroatoms. The van der Waals surface area contributed by atoms with Crippen molar-refractivity contribution in [2.24, 2.45) is 56.7 Å². The lowest BCUT2D eigenvalue weighted by atomic mass is 9.33. The van der Waals surface area contributed by atoms with Crippen LogP contribution < -0.4 is 0 Å². The number of aliphatic hydroxyl groups is 3. The predicted octanol–water partition coefficient (Wildman–Crippen LogP) is 5.97. The largest absolute Gasteiger partial charge is 0.393 e. The molecular formula is C30H50O3. The van der Waals surface area contributed by atoms with Gasteiger partial charge in [0.1, 0.15) is 0 Å². The molecule has 12 atom stereocenters. The van der Waals surface area contributed by atoms with Crippen molar-refractivity contribution in [3.05, 3.63) is 11.6 Å². The van der Waals surface area contributed by atoms with Gasteiger partial charge in [0, 0.05) is 5.41 Å². The van der Waals surface area contributed by atoms with Crippen molar-refractivity contribution < 1.29 is 15.3 Å². The monoisotopic (exact) mass is 458 g/mol. The highest BCUT2D eigenvalue weighted by Gasteiger charge is 2.69. The summed E-state index contributed by atoms with van der Waals surface area (Å²) < 4.78 is 0. The maximum atomic E-state index is 11.7. The van der Waals surface area contributed by atoms with Gasteiger partial charge in [-0.15, -0.1) is 0 Å². The summed E-state index contributed by atoms with van der Waals surface area (Å²) >= 11 is 0. The highest BCUT2D eigenvalue weighted by Crippen LogP contribution is 2.75. The number of fused-ring (bicyclic) bond motifs is 7. The molecule has 0 aliphatic heterocycles. The minimum atomic E-state index is -0.375. The predicted molar refractivity (Wildman–Crippen MR) is 133 cm³/mol. The molecule has 3 unspecified atom stereocenters. The summed E-state index contributed by atoms with van der Waals surface area (Å²) in [7, 11) is 0. The first-order chi connectivity index (χ1) is 15.1. The molecule has 0 amide bonds. The zero-order valence-corrected chi connectivity index (χ0v) is 22.5. The summed E-state index contributed by atoms with van der Waals surface area (Å²) in [6.07, 6.45) is 8.78. The molecule has 33 heavy (non-hydrogen) atoms. The van der Waals surface area contributed by atoms with Crippen LogP contribution in [0.5, 0.6) is 0 Å². The fourth-order valence-corrected chi connectivity index (χ4v) is 11.0. The van der Waals surface area contributed by atoms with Crippen molar-refractivity contribution in [3.63, 3.8) is 0 Å².